The number of hydrogen-bond donors (Lipinski definition) is 2. The van der Waals surface area contributed by atoms with E-state index in [-0.39, 0.29) is 17.5 Å². The predicted octanol–water partition coefficient (Wildman–Crippen LogP) is 6.18. The molecule has 0 spiro atoms. The van der Waals surface area contributed by atoms with E-state index in [1.165, 1.54) is 11.6 Å². The molecule has 31 heavy (non-hydrogen) atoms. The van der Waals surface area contributed by atoms with Gasteiger partial charge in [0.1, 0.15) is 17.2 Å². The largest absolute Gasteiger partial charge is 0.508 e. The number of esters is 1. The summed E-state index contributed by atoms with van der Waals surface area (Å²) in [5.74, 6) is 0.283. The standard InChI is InChI=1S/C27H28O4/c1-18(2)14-21-6-10-23(11-7-21)19(3)27(30)31-26-16-22(15-25(29)17-26)5-4-20-8-12-24(28)13-9-20/h4-13,15-19,28-29H,14H2,1-3H3/b5-4+/t19-/m1/s1. The number of carbonyl (C=O) groups is 1. The molecule has 0 aliphatic heterocycles. The van der Waals surface area contributed by atoms with Crippen LogP contribution in [0, 0.1) is 5.92 Å². The van der Waals surface area contributed by atoms with Crippen molar-refractivity contribution in [2.75, 3.05) is 0 Å². The molecule has 0 bridgehead atoms. The second kappa shape index (κ2) is 9.98. The molecule has 0 aliphatic rings. The lowest BCUT2D eigenvalue weighted by atomic mass is 9.97. The summed E-state index contributed by atoms with van der Waals surface area (Å²) >= 11 is 0. The Morgan fingerprint density at radius 3 is 2.13 bits per heavy atom. The molecule has 0 saturated heterocycles. The smallest absolute Gasteiger partial charge is 0.318 e. The van der Waals surface area contributed by atoms with Crippen LogP contribution in [-0.2, 0) is 11.2 Å². The zero-order valence-corrected chi connectivity index (χ0v) is 18.1. The quantitative estimate of drug-likeness (QED) is 0.274. The van der Waals surface area contributed by atoms with E-state index in [9.17, 15) is 15.0 Å². The molecule has 0 heterocycles. The van der Waals surface area contributed by atoms with E-state index < -0.39 is 5.92 Å². The maximum atomic E-state index is 12.7. The average Bonchev–Trinajstić information content (AvgIpc) is 2.72. The maximum absolute atomic E-state index is 12.7. The highest BCUT2D eigenvalue weighted by Crippen LogP contribution is 2.26. The van der Waals surface area contributed by atoms with Gasteiger partial charge < -0.3 is 14.9 Å². The minimum atomic E-state index is -0.425. The molecule has 3 rings (SSSR count). The molecule has 160 valence electrons. The molecule has 3 aromatic rings. The van der Waals surface area contributed by atoms with Crippen LogP contribution in [0.1, 0.15) is 48.9 Å². The third-order valence-corrected chi connectivity index (χ3v) is 4.97. The zero-order valence-electron chi connectivity index (χ0n) is 18.1. The van der Waals surface area contributed by atoms with E-state index in [0.717, 1.165) is 17.5 Å². The van der Waals surface area contributed by atoms with Crippen LogP contribution in [0.2, 0.25) is 0 Å². The van der Waals surface area contributed by atoms with Crippen molar-refractivity contribution in [2.45, 2.75) is 33.1 Å². The van der Waals surface area contributed by atoms with Crippen LogP contribution in [0.3, 0.4) is 0 Å². The fourth-order valence-electron chi connectivity index (χ4n) is 3.29. The highest BCUT2D eigenvalue weighted by molar-refractivity contribution is 5.80. The summed E-state index contributed by atoms with van der Waals surface area (Å²) in [4.78, 5) is 12.7. The van der Waals surface area contributed by atoms with Crippen LogP contribution in [0.25, 0.3) is 12.2 Å². The number of aromatic hydroxyl groups is 2. The van der Waals surface area contributed by atoms with Crippen molar-refractivity contribution < 1.29 is 19.7 Å². The maximum Gasteiger partial charge on any atom is 0.318 e. The molecule has 3 aromatic carbocycles. The molecule has 1 atom stereocenters. The van der Waals surface area contributed by atoms with Crippen molar-refractivity contribution in [2.24, 2.45) is 5.92 Å². The van der Waals surface area contributed by atoms with E-state index in [1.807, 2.05) is 25.1 Å². The first kappa shape index (κ1) is 22.2. The fraction of sp³-hybridized carbons (Fsp3) is 0.222. The fourth-order valence-corrected chi connectivity index (χ4v) is 3.29. The third kappa shape index (κ3) is 6.48. The molecule has 0 amide bonds. The molecule has 0 unspecified atom stereocenters. The number of hydrogen-bond acceptors (Lipinski definition) is 4. The highest BCUT2D eigenvalue weighted by Gasteiger charge is 2.18. The van der Waals surface area contributed by atoms with Crippen molar-refractivity contribution >= 4 is 18.1 Å². The van der Waals surface area contributed by atoms with Gasteiger partial charge >= 0.3 is 5.97 Å². The Kier molecular flexibility index (Phi) is 7.14. The van der Waals surface area contributed by atoms with Gasteiger partial charge in [0.25, 0.3) is 0 Å². The van der Waals surface area contributed by atoms with Gasteiger partial charge in [0, 0.05) is 6.07 Å². The van der Waals surface area contributed by atoms with Crippen molar-refractivity contribution in [3.8, 4) is 17.2 Å². The molecule has 0 aliphatic carbocycles. The summed E-state index contributed by atoms with van der Waals surface area (Å²) < 4.78 is 5.55. The second-order valence-corrected chi connectivity index (χ2v) is 8.17. The van der Waals surface area contributed by atoms with Crippen molar-refractivity contribution in [3.05, 3.63) is 89.0 Å². The number of ether oxygens (including phenoxy) is 1. The first-order valence-electron chi connectivity index (χ1n) is 10.4. The van der Waals surface area contributed by atoms with Crippen LogP contribution in [0.15, 0.2) is 66.7 Å². The zero-order chi connectivity index (χ0) is 22.4. The Morgan fingerprint density at radius 1 is 0.839 bits per heavy atom. The van der Waals surface area contributed by atoms with Gasteiger partial charge in [-0.3, -0.25) is 4.79 Å². The summed E-state index contributed by atoms with van der Waals surface area (Å²) in [6.45, 7) is 6.17. The molecule has 0 fully saturated rings. The number of phenols is 2. The Hall–Kier alpha value is -3.53. The van der Waals surface area contributed by atoms with Crippen LogP contribution in [0.5, 0.6) is 17.2 Å². The van der Waals surface area contributed by atoms with E-state index >= 15 is 0 Å². The van der Waals surface area contributed by atoms with Crippen LogP contribution < -0.4 is 4.74 Å². The van der Waals surface area contributed by atoms with Crippen LogP contribution >= 0.6 is 0 Å². The van der Waals surface area contributed by atoms with Crippen LogP contribution in [-0.4, -0.2) is 16.2 Å². The van der Waals surface area contributed by atoms with E-state index in [4.69, 9.17) is 4.74 Å². The Morgan fingerprint density at radius 2 is 1.48 bits per heavy atom. The van der Waals surface area contributed by atoms with E-state index in [2.05, 4.69) is 26.0 Å². The van der Waals surface area contributed by atoms with Crippen molar-refractivity contribution in [1.29, 1.82) is 0 Å². The molecule has 0 saturated carbocycles. The lowest BCUT2D eigenvalue weighted by molar-refractivity contribution is -0.135. The van der Waals surface area contributed by atoms with Gasteiger partial charge in [-0.15, -0.1) is 0 Å². The molecular weight excluding hydrogens is 388 g/mol. The van der Waals surface area contributed by atoms with E-state index in [0.29, 0.717) is 17.2 Å². The van der Waals surface area contributed by atoms with Crippen molar-refractivity contribution in [1.82, 2.24) is 0 Å². The van der Waals surface area contributed by atoms with Gasteiger partial charge in [-0.25, -0.2) is 0 Å². The first-order chi connectivity index (χ1) is 14.8. The lowest BCUT2D eigenvalue weighted by Gasteiger charge is -2.13. The molecular formula is C27H28O4. The minimum absolute atomic E-state index is 0.0151. The molecule has 0 aromatic heterocycles. The van der Waals surface area contributed by atoms with Gasteiger partial charge in [-0.2, -0.15) is 0 Å². The van der Waals surface area contributed by atoms with E-state index in [1.54, 1.807) is 42.5 Å². The summed E-state index contributed by atoms with van der Waals surface area (Å²) in [6.07, 6.45) is 4.66. The SMILES string of the molecule is CC(C)Cc1ccc([C@@H](C)C(=O)Oc2cc(O)cc(/C=C/c3ccc(O)cc3)c2)cc1. The number of rotatable bonds is 7. The highest BCUT2D eigenvalue weighted by atomic mass is 16.5. The Labute approximate surface area is 183 Å². The first-order valence-corrected chi connectivity index (χ1v) is 10.4. The van der Waals surface area contributed by atoms with Crippen LogP contribution in [0.4, 0.5) is 0 Å². The summed E-state index contributed by atoms with van der Waals surface area (Å²) in [5.41, 5.74) is 3.73. The normalized spacial score (nSPS) is 12.3. The number of benzene rings is 3. The summed E-state index contributed by atoms with van der Waals surface area (Å²) in [7, 11) is 0. The lowest BCUT2D eigenvalue weighted by Crippen LogP contribution is -2.16. The summed E-state index contributed by atoms with van der Waals surface area (Å²) in [6, 6.07) is 19.5. The third-order valence-electron chi connectivity index (χ3n) is 4.97. The molecule has 2 N–H and O–H groups in total. The summed E-state index contributed by atoms with van der Waals surface area (Å²) in [5, 5.41) is 19.4. The number of carbonyl (C=O) groups excluding carboxylic acids is 1. The van der Waals surface area contributed by atoms with Gasteiger partial charge in [0.15, 0.2) is 0 Å². The topological polar surface area (TPSA) is 66.8 Å². The van der Waals surface area contributed by atoms with Gasteiger partial charge in [0.2, 0.25) is 0 Å². The van der Waals surface area contributed by atoms with Gasteiger partial charge in [-0.1, -0.05) is 62.4 Å². The van der Waals surface area contributed by atoms with Gasteiger partial charge in [-0.05, 0) is 65.8 Å². The number of phenolic OH excluding ortho intramolecular Hbond substituents is 2. The second-order valence-electron chi connectivity index (χ2n) is 8.17. The molecule has 4 heteroatoms. The molecule has 0 radical (unpaired) electrons. The predicted molar refractivity (Wildman–Crippen MR) is 124 cm³/mol. The average molecular weight is 417 g/mol. The monoisotopic (exact) mass is 416 g/mol. The Balaban J connectivity index is 1.69. The van der Waals surface area contributed by atoms with Crippen molar-refractivity contribution in [3.63, 3.8) is 0 Å². The Bertz CT molecular complexity index is 1050. The minimum Gasteiger partial charge on any atom is -0.508 e. The van der Waals surface area contributed by atoms with Gasteiger partial charge in [0.05, 0.1) is 5.92 Å². The molecule has 4 nitrogen and oxygen atoms in total.